The van der Waals surface area contributed by atoms with Crippen molar-refractivity contribution in [3.8, 4) is 0 Å². The zero-order valence-corrected chi connectivity index (χ0v) is 18.1. The number of hydrogen-bond donors (Lipinski definition) is 0. The lowest BCUT2D eigenvalue weighted by Gasteiger charge is -2.61. The van der Waals surface area contributed by atoms with Crippen LogP contribution in [0, 0.1) is 11.8 Å². The van der Waals surface area contributed by atoms with E-state index in [0.29, 0.717) is 22.5 Å². The lowest BCUT2D eigenvalue weighted by molar-refractivity contribution is -0.192. The van der Waals surface area contributed by atoms with Crippen LogP contribution in [0.5, 0.6) is 0 Å². The molecule has 1 aliphatic carbocycles. The molecule has 0 unspecified atom stereocenters. The third-order valence-corrected chi connectivity index (χ3v) is 7.46. The minimum absolute atomic E-state index is 0.423. The van der Waals surface area contributed by atoms with Crippen LogP contribution in [0.1, 0.15) is 11.1 Å². The number of hydrogen-bond acceptors (Lipinski definition) is 6. The number of anilines is 2. The van der Waals surface area contributed by atoms with Crippen LogP contribution in [0.2, 0.25) is 0 Å². The highest BCUT2D eigenvalue weighted by Gasteiger charge is 2.88. The Bertz CT molecular complexity index is 1110. The van der Waals surface area contributed by atoms with Gasteiger partial charge < -0.3 is 19.3 Å². The number of esters is 2. The van der Waals surface area contributed by atoms with Crippen LogP contribution >= 0.6 is 0 Å². The normalized spacial score (nSPS) is 29.8. The average Bonchev–Trinajstić information content (AvgIpc) is 3.19. The van der Waals surface area contributed by atoms with Gasteiger partial charge in [-0.25, -0.2) is 0 Å². The minimum atomic E-state index is -1.64. The molecular weight excluding hydrogens is 412 g/mol. The molecule has 2 aromatic carbocycles. The SMILES string of the molecule is COC(=O)[C@@H]1[C@@H](C(=O)OC)[C@]2(C(=O)N(C)c3ccccc32)[C@@]12C(=O)N(C)c1ccccc12. The van der Waals surface area contributed by atoms with Gasteiger partial charge in [-0.3, -0.25) is 19.2 Å². The van der Waals surface area contributed by atoms with Gasteiger partial charge in [0.25, 0.3) is 0 Å². The molecule has 3 aliphatic rings. The van der Waals surface area contributed by atoms with Crippen LogP contribution in [0.4, 0.5) is 11.4 Å². The Hall–Kier alpha value is -3.68. The third-order valence-electron chi connectivity index (χ3n) is 7.46. The van der Waals surface area contributed by atoms with Gasteiger partial charge in [0.15, 0.2) is 0 Å². The maximum absolute atomic E-state index is 14.1. The number of fused-ring (bicyclic) bond motifs is 5. The first-order valence-electron chi connectivity index (χ1n) is 10.2. The summed E-state index contributed by atoms with van der Waals surface area (Å²) in [5, 5.41) is 0. The number of rotatable bonds is 2. The molecule has 0 N–H and O–H groups in total. The van der Waals surface area contributed by atoms with Gasteiger partial charge in [0.05, 0.1) is 26.1 Å². The summed E-state index contributed by atoms with van der Waals surface area (Å²) in [6, 6.07) is 14.1. The minimum Gasteiger partial charge on any atom is -0.469 e. The molecule has 0 saturated heterocycles. The van der Waals surface area contributed by atoms with Crippen molar-refractivity contribution >= 4 is 35.1 Å². The maximum atomic E-state index is 14.1. The van der Waals surface area contributed by atoms with Crippen LogP contribution in [-0.2, 0) is 39.5 Å². The third kappa shape index (κ3) is 1.86. The van der Waals surface area contributed by atoms with E-state index in [1.54, 1.807) is 62.6 Å². The van der Waals surface area contributed by atoms with E-state index in [0.717, 1.165) is 0 Å². The second-order valence-corrected chi connectivity index (χ2v) is 8.38. The van der Waals surface area contributed by atoms with Crippen LogP contribution in [0.25, 0.3) is 0 Å². The van der Waals surface area contributed by atoms with E-state index in [4.69, 9.17) is 9.47 Å². The summed E-state index contributed by atoms with van der Waals surface area (Å²) in [5.41, 5.74) is -1.03. The summed E-state index contributed by atoms with van der Waals surface area (Å²) >= 11 is 0. The highest BCUT2D eigenvalue weighted by atomic mass is 16.5. The highest BCUT2D eigenvalue weighted by molar-refractivity contribution is 6.24. The first-order valence-corrected chi connectivity index (χ1v) is 10.2. The predicted octanol–water partition coefficient (Wildman–Crippen LogP) is 1.41. The molecule has 4 atom stereocenters. The Balaban J connectivity index is 1.95. The largest absolute Gasteiger partial charge is 0.469 e. The summed E-state index contributed by atoms with van der Waals surface area (Å²) in [6.45, 7) is 0. The standard InChI is InChI=1S/C24H22N2O6/c1-25-15-11-7-5-9-13(15)23(21(25)29)17(19(27)31-3)18(20(28)32-4)24(23)14-10-6-8-12-16(14)26(2)22(24)30/h5-12,17-18H,1-4H3/t17-,18-,23+,24+/m0/s1. The maximum Gasteiger partial charge on any atom is 0.311 e. The number of methoxy groups -OCH3 is 2. The van der Waals surface area contributed by atoms with Gasteiger partial charge in [-0.15, -0.1) is 0 Å². The molecule has 2 aliphatic heterocycles. The van der Waals surface area contributed by atoms with Crippen molar-refractivity contribution in [3.05, 3.63) is 59.7 Å². The van der Waals surface area contributed by atoms with E-state index in [1.807, 2.05) is 0 Å². The van der Waals surface area contributed by atoms with Crippen molar-refractivity contribution in [2.45, 2.75) is 10.8 Å². The number of carbonyl (C=O) groups is 4. The molecule has 0 aromatic heterocycles. The van der Waals surface area contributed by atoms with E-state index in [-0.39, 0.29) is 0 Å². The predicted molar refractivity (Wildman–Crippen MR) is 114 cm³/mol. The number of likely N-dealkylation sites (N-methyl/N-ethyl adjacent to an activating group) is 2. The molecule has 2 amide bonds. The molecular formula is C24H22N2O6. The smallest absolute Gasteiger partial charge is 0.311 e. The molecule has 8 heteroatoms. The average molecular weight is 434 g/mol. The van der Waals surface area contributed by atoms with Gasteiger partial charge in [0, 0.05) is 25.5 Å². The van der Waals surface area contributed by atoms with Crippen molar-refractivity contribution in [3.63, 3.8) is 0 Å². The molecule has 164 valence electrons. The van der Waals surface area contributed by atoms with Crippen molar-refractivity contribution in [2.75, 3.05) is 38.1 Å². The van der Waals surface area contributed by atoms with Crippen LogP contribution in [0.15, 0.2) is 48.5 Å². The Morgan fingerprint density at radius 1 is 0.719 bits per heavy atom. The van der Waals surface area contributed by atoms with Gasteiger partial charge in [0.1, 0.15) is 10.8 Å². The summed E-state index contributed by atoms with van der Waals surface area (Å²) in [7, 11) is 5.64. The number of carbonyl (C=O) groups excluding carboxylic acids is 4. The first-order chi connectivity index (χ1) is 15.3. The van der Waals surface area contributed by atoms with Gasteiger partial charge in [-0.05, 0) is 23.3 Å². The van der Waals surface area contributed by atoms with E-state index < -0.39 is 46.4 Å². The molecule has 2 heterocycles. The summed E-state index contributed by atoms with van der Waals surface area (Å²) < 4.78 is 10.1. The number of para-hydroxylation sites is 2. The highest BCUT2D eigenvalue weighted by Crippen LogP contribution is 2.73. The molecule has 2 aromatic rings. The van der Waals surface area contributed by atoms with E-state index in [2.05, 4.69) is 0 Å². The summed E-state index contributed by atoms with van der Waals surface area (Å²) in [4.78, 5) is 57.4. The molecule has 8 nitrogen and oxygen atoms in total. The molecule has 1 saturated carbocycles. The zero-order valence-electron chi connectivity index (χ0n) is 18.1. The second kappa shape index (κ2) is 6.41. The van der Waals surface area contributed by atoms with Crippen LogP contribution in [0.3, 0.4) is 0 Å². The molecule has 5 rings (SSSR count). The fourth-order valence-corrected chi connectivity index (χ4v) is 6.31. The van der Waals surface area contributed by atoms with E-state index in [1.165, 1.54) is 24.0 Å². The van der Waals surface area contributed by atoms with Crippen molar-refractivity contribution in [1.82, 2.24) is 0 Å². The Labute approximate surface area is 184 Å². The number of benzene rings is 2. The van der Waals surface area contributed by atoms with E-state index >= 15 is 0 Å². The Morgan fingerprint density at radius 3 is 1.41 bits per heavy atom. The topological polar surface area (TPSA) is 93.2 Å². The fraction of sp³-hybridized carbons (Fsp3) is 0.333. The van der Waals surface area contributed by atoms with E-state index in [9.17, 15) is 19.2 Å². The Morgan fingerprint density at radius 2 is 1.06 bits per heavy atom. The fourth-order valence-electron chi connectivity index (χ4n) is 6.31. The second-order valence-electron chi connectivity index (χ2n) is 8.38. The van der Waals surface area contributed by atoms with Crippen molar-refractivity contribution in [1.29, 1.82) is 0 Å². The van der Waals surface area contributed by atoms with Gasteiger partial charge in [0.2, 0.25) is 11.8 Å². The van der Waals surface area contributed by atoms with Gasteiger partial charge in [-0.1, -0.05) is 36.4 Å². The quantitative estimate of drug-likeness (QED) is 0.664. The molecule has 2 spiro atoms. The van der Waals surface area contributed by atoms with Crippen molar-refractivity contribution in [2.24, 2.45) is 11.8 Å². The molecule has 1 fully saturated rings. The zero-order chi connectivity index (χ0) is 23.0. The molecule has 0 bridgehead atoms. The lowest BCUT2D eigenvalue weighted by Crippen LogP contribution is -2.80. The first kappa shape index (κ1) is 20.2. The number of nitrogens with zero attached hydrogens (tertiary/aromatic N) is 2. The molecule has 32 heavy (non-hydrogen) atoms. The van der Waals surface area contributed by atoms with Crippen LogP contribution in [-0.4, -0.2) is 52.1 Å². The van der Waals surface area contributed by atoms with Crippen molar-refractivity contribution < 1.29 is 28.7 Å². The lowest BCUT2D eigenvalue weighted by atomic mass is 9.34. The van der Waals surface area contributed by atoms with Crippen LogP contribution < -0.4 is 9.80 Å². The monoisotopic (exact) mass is 434 g/mol. The number of amides is 2. The summed E-state index contributed by atoms with van der Waals surface area (Å²) in [5.74, 6) is -4.75. The van der Waals surface area contributed by atoms with Gasteiger partial charge in [-0.2, -0.15) is 0 Å². The molecule has 0 radical (unpaired) electrons. The summed E-state index contributed by atoms with van der Waals surface area (Å²) in [6.07, 6.45) is 0. The number of ether oxygens (including phenoxy) is 2. The van der Waals surface area contributed by atoms with Gasteiger partial charge >= 0.3 is 11.9 Å². The Kier molecular flexibility index (Phi) is 4.06.